The Labute approximate surface area is 91.4 Å². The highest BCUT2D eigenvalue weighted by molar-refractivity contribution is 5.10. The number of allylic oxidation sites excluding steroid dienone is 2. The van der Waals surface area contributed by atoms with Crippen molar-refractivity contribution in [3.8, 4) is 0 Å². The smallest absolute Gasteiger partial charge is 0.0558 e. The first-order valence-corrected chi connectivity index (χ1v) is 5.96. The summed E-state index contributed by atoms with van der Waals surface area (Å²) in [6, 6.07) is 0. The molecule has 2 bridgehead atoms. The van der Waals surface area contributed by atoms with E-state index in [1.54, 1.807) is 0 Å². The molecule has 2 aliphatic carbocycles. The molecule has 3 heteroatoms. The van der Waals surface area contributed by atoms with Gasteiger partial charge in [-0.2, -0.15) is 0 Å². The molecule has 0 aliphatic heterocycles. The standard InChI is InChI=1S/C12H21NO2/c14-5-3-13(4-6-15)9-12-8-10-1-2-11(12)7-10/h1-2,10-12,14-15H,3-9H2. The Bertz CT molecular complexity index is 224. The third kappa shape index (κ3) is 2.60. The molecule has 3 unspecified atom stereocenters. The summed E-state index contributed by atoms with van der Waals surface area (Å²) in [6.07, 6.45) is 7.34. The normalized spacial score (nSPS) is 33.1. The summed E-state index contributed by atoms with van der Waals surface area (Å²) in [7, 11) is 0. The number of fused-ring (bicyclic) bond motifs is 2. The molecule has 0 saturated heterocycles. The zero-order valence-corrected chi connectivity index (χ0v) is 9.18. The van der Waals surface area contributed by atoms with Gasteiger partial charge in [0.1, 0.15) is 0 Å². The summed E-state index contributed by atoms with van der Waals surface area (Å²) in [4.78, 5) is 2.18. The van der Waals surface area contributed by atoms with E-state index in [2.05, 4.69) is 17.1 Å². The molecule has 0 amide bonds. The number of hydrogen-bond acceptors (Lipinski definition) is 3. The molecule has 0 heterocycles. The maximum Gasteiger partial charge on any atom is 0.0558 e. The fourth-order valence-electron chi connectivity index (χ4n) is 3.01. The van der Waals surface area contributed by atoms with Gasteiger partial charge in [0.2, 0.25) is 0 Å². The SMILES string of the molecule is OCCN(CCO)CC1CC2C=CC1C2. The fourth-order valence-corrected chi connectivity index (χ4v) is 3.01. The van der Waals surface area contributed by atoms with Crippen molar-refractivity contribution in [2.75, 3.05) is 32.8 Å². The average molecular weight is 211 g/mol. The van der Waals surface area contributed by atoms with Gasteiger partial charge in [-0.15, -0.1) is 0 Å². The molecule has 0 aromatic rings. The molecule has 1 saturated carbocycles. The van der Waals surface area contributed by atoms with Crippen molar-refractivity contribution in [3.05, 3.63) is 12.2 Å². The van der Waals surface area contributed by atoms with Crippen LogP contribution in [-0.4, -0.2) is 48.0 Å². The van der Waals surface area contributed by atoms with Crippen molar-refractivity contribution in [1.82, 2.24) is 4.90 Å². The molecule has 0 spiro atoms. The van der Waals surface area contributed by atoms with E-state index in [1.165, 1.54) is 12.8 Å². The van der Waals surface area contributed by atoms with Gasteiger partial charge in [-0.1, -0.05) is 12.2 Å². The summed E-state index contributed by atoms with van der Waals surface area (Å²) in [5, 5.41) is 17.9. The van der Waals surface area contributed by atoms with E-state index >= 15 is 0 Å². The summed E-state index contributed by atoms with van der Waals surface area (Å²) in [5.41, 5.74) is 0. The minimum Gasteiger partial charge on any atom is -0.395 e. The fraction of sp³-hybridized carbons (Fsp3) is 0.833. The van der Waals surface area contributed by atoms with Crippen LogP contribution in [-0.2, 0) is 0 Å². The lowest BCUT2D eigenvalue weighted by atomic mass is 9.93. The second-order valence-electron chi connectivity index (χ2n) is 4.79. The predicted octanol–water partition coefficient (Wildman–Crippen LogP) is 0.485. The number of aliphatic hydroxyl groups is 2. The Morgan fingerprint density at radius 2 is 1.80 bits per heavy atom. The molecule has 2 rings (SSSR count). The number of nitrogens with zero attached hydrogens (tertiary/aromatic N) is 1. The summed E-state index contributed by atoms with van der Waals surface area (Å²) in [5.74, 6) is 2.32. The molecule has 2 aliphatic rings. The average Bonchev–Trinajstić information content (AvgIpc) is 2.80. The molecule has 3 atom stereocenters. The molecule has 0 aromatic carbocycles. The van der Waals surface area contributed by atoms with Gasteiger partial charge >= 0.3 is 0 Å². The van der Waals surface area contributed by atoms with Crippen molar-refractivity contribution >= 4 is 0 Å². The van der Waals surface area contributed by atoms with Crippen LogP contribution >= 0.6 is 0 Å². The van der Waals surface area contributed by atoms with Gasteiger partial charge in [0, 0.05) is 19.6 Å². The third-order valence-corrected chi connectivity index (χ3v) is 3.74. The van der Waals surface area contributed by atoms with E-state index in [0.29, 0.717) is 13.1 Å². The van der Waals surface area contributed by atoms with Crippen LogP contribution in [0.3, 0.4) is 0 Å². The molecule has 15 heavy (non-hydrogen) atoms. The Kier molecular flexibility index (Phi) is 3.78. The van der Waals surface area contributed by atoms with Gasteiger partial charge in [0.15, 0.2) is 0 Å². The maximum atomic E-state index is 8.93. The molecule has 2 N–H and O–H groups in total. The molecule has 1 fully saturated rings. The first-order chi connectivity index (χ1) is 7.33. The van der Waals surface area contributed by atoms with Crippen LogP contribution in [0.5, 0.6) is 0 Å². The van der Waals surface area contributed by atoms with Gasteiger partial charge in [-0.05, 0) is 30.6 Å². The lowest BCUT2D eigenvalue weighted by Crippen LogP contribution is -2.35. The summed E-state index contributed by atoms with van der Waals surface area (Å²) in [6.45, 7) is 2.80. The number of aliphatic hydroxyl groups excluding tert-OH is 2. The van der Waals surface area contributed by atoms with Gasteiger partial charge in [-0.3, -0.25) is 4.90 Å². The van der Waals surface area contributed by atoms with E-state index in [9.17, 15) is 0 Å². The van der Waals surface area contributed by atoms with E-state index < -0.39 is 0 Å². The molecular formula is C12H21NO2. The highest BCUT2D eigenvalue weighted by atomic mass is 16.3. The first-order valence-electron chi connectivity index (χ1n) is 5.96. The number of rotatable bonds is 6. The van der Waals surface area contributed by atoms with E-state index in [0.717, 1.165) is 24.3 Å². The van der Waals surface area contributed by atoms with Crippen molar-refractivity contribution in [2.24, 2.45) is 17.8 Å². The van der Waals surface area contributed by atoms with Gasteiger partial charge < -0.3 is 10.2 Å². The largest absolute Gasteiger partial charge is 0.395 e. The van der Waals surface area contributed by atoms with Crippen molar-refractivity contribution in [3.63, 3.8) is 0 Å². The highest BCUT2D eigenvalue weighted by Crippen LogP contribution is 2.43. The third-order valence-electron chi connectivity index (χ3n) is 3.74. The molecular weight excluding hydrogens is 190 g/mol. The highest BCUT2D eigenvalue weighted by Gasteiger charge is 2.36. The lowest BCUT2D eigenvalue weighted by molar-refractivity contribution is 0.138. The summed E-state index contributed by atoms with van der Waals surface area (Å²) >= 11 is 0. The van der Waals surface area contributed by atoms with Crippen molar-refractivity contribution in [1.29, 1.82) is 0 Å². The maximum absolute atomic E-state index is 8.93. The lowest BCUT2D eigenvalue weighted by Gasteiger charge is -2.27. The first kappa shape index (κ1) is 11.1. The van der Waals surface area contributed by atoms with Crippen LogP contribution in [0, 0.1) is 17.8 Å². The van der Waals surface area contributed by atoms with Crippen LogP contribution in [0.1, 0.15) is 12.8 Å². The second-order valence-corrected chi connectivity index (χ2v) is 4.79. The monoisotopic (exact) mass is 211 g/mol. The van der Waals surface area contributed by atoms with E-state index in [-0.39, 0.29) is 13.2 Å². The molecule has 3 nitrogen and oxygen atoms in total. The van der Waals surface area contributed by atoms with Gasteiger partial charge in [0.25, 0.3) is 0 Å². The van der Waals surface area contributed by atoms with Crippen LogP contribution in [0.4, 0.5) is 0 Å². The predicted molar refractivity (Wildman–Crippen MR) is 59.5 cm³/mol. The molecule has 0 radical (unpaired) electrons. The van der Waals surface area contributed by atoms with E-state index in [1.807, 2.05) is 0 Å². The van der Waals surface area contributed by atoms with Crippen LogP contribution < -0.4 is 0 Å². The Morgan fingerprint density at radius 3 is 2.27 bits per heavy atom. The quantitative estimate of drug-likeness (QED) is 0.628. The van der Waals surface area contributed by atoms with Crippen molar-refractivity contribution in [2.45, 2.75) is 12.8 Å². The van der Waals surface area contributed by atoms with Gasteiger partial charge in [0.05, 0.1) is 13.2 Å². The van der Waals surface area contributed by atoms with Crippen molar-refractivity contribution < 1.29 is 10.2 Å². The van der Waals surface area contributed by atoms with Gasteiger partial charge in [-0.25, -0.2) is 0 Å². The topological polar surface area (TPSA) is 43.7 Å². The van der Waals surface area contributed by atoms with Crippen LogP contribution in [0.2, 0.25) is 0 Å². The minimum absolute atomic E-state index is 0.191. The second kappa shape index (κ2) is 5.10. The van der Waals surface area contributed by atoms with Crippen LogP contribution in [0.15, 0.2) is 12.2 Å². The minimum atomic E-state index is 0.191. The Morgan fingerprint density at radius 1 is 1.07 bits per heavy atom. The Balaban J connectivity index is 1.81. The summed E-state index contributed by atoms with van der Waals surface area (Å²) < 4.78 is 0. The zero-order chi connectivity index (χ0) is 10.7. The number of hydrogen-bond donors (Lipinski definition) is 2. The van der Waals surface area contributed by atoms with Crippen LogP contribution in [0.25, 0.3) is 0 Å². The zero-order valence-electron chi connectivity index (χ0n) is 9.18. The van der Waals surface area contributed by atoms with E-state index in [4.69, 9.17) is 10.2 Å². The Hall–Kier alpha value is -0.380. The molecule has 0 aromatic heterocycles. The molecule has 86 valence electrons.